The molecular weight excluding hydrogens is 994 g/mol. The molecule has 0 spiro atoms. The molecule has 394 valence electrons. The number of rotatable bonds is 13. The molecule has 0 saturated carbocycles. The Morgan fingerprint density at radius 3 is 2.19 bits per heavy atom. The van der Waals surface area contributed by atoms with Gasteiger partial charge in [0.15, 0.2) is 11.6 Å². The Bertz CT molecular complexity index is 2790. The van der Waals surface area contributed by atoms with Gasteiger partial charge in [-0.3, -0.25) is 28.9 Å². The van der Waals surface area contributed by atoms with Gasteiger partial charge in [-0.25, -0.2) is 13.8 Å². The average molecular weight is 1060 g/mol. The highest BCUT2D eigenvalue weighted by atomic mass is 35.5. The van der Waals surface area contributed by atoms with Gasteiger partial charge in [0.2, 0.25) is 29.5 Å². The lowest BCUT2D eigenvalue weighted by Gasteiger charge is -2.35. The van der Waals surface area contributed by atoms with Gasteiger partial charge in [-0.15, -0.1) is 0 Å². The molecule has 2 aliphatic rings. The number of hydrogen-bond acceptors (Lipinski definition) is 9. The van der Waals surface area contributed by atoms with E-state index in [-0.39, 0.29) is 50.3 Å². The Hall–Kier alpha value is -6.40. The van der Waals surface area contributed by atoms with Crippen LogP contribution in [0.4, 0.5) is 8.78 Å². The maximum Gasteiger partial charge on any atom is 0.247 e. The van der Waals surface area contributed by atoms with Gasteiger partial charge in [-0.05, 0) is 118 Å². The number of hydrogen-bond donors (Lipinski definition) is 2. The zero-order valence-corrected chi connectivity index (χ0v) is 44.1. The molecule has 7 rings (SSSR count). The van der Waals surface area contributed by atoms with E-state index in [4.69, 9.17) is 37.7 Å². The largest absolute Gasteiger partial charge is 0.457 e. The molecule has 2 saturated heterocycles. The van der Waals surface area contributed by atoms with Gasteiger partial charge in [0.05, 0.1) is 37.5 Å². The van der Waals surface area contributed by atoms with Crippen LogP contribution in [0.3, 0.4) is 0 Å². The number of benzene rings is 4. The summed E-state index contributed by atoms with van der Waals surface area (Å²) in [5, 5.41) is 6.50. The minimum absolute atomic E-state index is 0.0158. The van der Waals surface area contributed by atoms with Crippen LogP contribution in [0.2, 0.25) is 10.0 Å². The third-order valence-electron chi connectivity index (χ3n) is 14.1. The first-order valence-corrected chi connectivity index (χ1v) is 25.5. The minimum Gasteiger partial charge on any atom is -0.457 e. The second kappa shape index (κ2) is 25.2. The molecule has 3 heterocycles. The van der Waals surface area contributed by atoms with E-state index >= 15 is 9.18 Å². The molecule has 2 N–H and O–H groups in total. The van der Waals surface area contributed by atoms with Crippen LogP contribution in [-0.2, 0) is 61.7 Å². The summed E-state index contributed by atoms with van der Waals surface area (Å²) in [6, 6.07) is 19.0. The van der Waals surface area contributed by atoms with E-state index in [1.807, 2.05) is 25.4 Å². The molecule has 0 unspecified atom stereocenters. The molecule has 5 amide bonds. The highest BCUT2D eigenvalue weighted by Crippen LogP contribution is 2.33. The van der Waals surface area contributed by atoms with Crippen molar-refractivity contribution >= 4 is 52.7 Å². The number of likely N-dealkylation sites (tertiary alicyclic amines) is 1. The van der Waals surface area contributed by atoms with Crippen LogP contribution in [0, 0.1) is 17.6 Å². The quantitative estimate of drug-likeness (QED) is 0.121. The number of imidazole rings is 1. The minimum atomic E-state index is -1.31. The molecule has 5 atom stereocenters. The van der Waals surface area contributed by atoms with Crippen LogP contribution < -0.4 is 15.4 Å². The van der Waals surface area contributed by atoms with E-state index in [1.165, 1.54) is 60.8 Å². The predicted molar refractivity (Wildman–Crippen MR) is 278 cm³/mol. The van der Waals surface area contributed by atoms with E-state index in [9.17, 15) is 23.6 Å². The van der Waals surface area contributed by atoms with Crippen molar-refractivity contribution < 1.29 is 42.2 Å². The van der Waals surface area contributed by atoms with Crippen molar-refractivity contribution in [3.05, 3.63) is 135 Å². The fourth-order valence-corrected chi connectivity index (χ4v) is 9.67. The smallest absolute Gasteiger partial charge is 0.247 e. The van der Waals surface area contributed by atoms with Crippen LogP contribution in [0.5, 0.6) is 11.5 Å². The highest BCUT2D eigenvalue weighted by Gasteiger charge is 2.37. The van der Waals surface area contributed by atoms with Gasteiger partial charge in [0.25, 0.3) is 0 Å². The molecule has 0 bridgehead atoms. The van der Waals surface area contributed by atoms with E-state index in [1.54, 1.807) is 68.6 Å². The highest BCUT2D eigenvalue weighted by molar-refractivity contribution is 6.31. The van der Waals surface area contributed by atoms with Crippen molar-refractivity contribution in [1.29, 1.82) is 0 Å². The Morgan fingerprint density at radius 2 is 1.49 bits per heavy atom. The summed E-state index contributed by atoms with van der Waals surface area (Å²) in [6.45, 7) is 5.53. The van der Waals surface area contributed by atoms with Gasteiger partial charge < -0.3 is 39.4 Å². The van der Waals surface area contributed by atoms with Crippen LogP contribution in [0.1, 0.15) is 62.0 Å². The van der Waals surface area contributed by atoms with Crippen molar-refractivity contribution in [3.63, 3.8) is 0 Å². The van der Waals surface area contributed by atoms with Crippen molar-refractivity contribution in [3.8, 4) is 22.8 Å². The number of likely N-dealkylation sites (N-methyl/N-ethyl adjacent to an activating group) is 2. The van der Waals surface area contributed by atoms with Gasteiger partial charge in [-0.2, -0.15) is 0 Å². The van der Waals surface area contributed by atoms with Crippen LogP contribution in [0.15, 0.2) is 91.1 Å². The Labute approximate surface area is 441 Å². The molecule has 4 aromatic carbocycles. The summed E-state index contributed by atoms with van der Waals surface area (Å²) in [7, 11) is 6.42. The molecule has 15 nitrogen and oxygen atoms in total. The van der Waals surface area contributed by atoms with E-state index in [0.29, 0.717) is 21.4 Å². The van der Waals surface area contributed by atoms with Crippen molar-refractivity contribution in [2.45, 2.75) is 89.6 Å². The summed E-state index contributed by atoms with van der Waals surface area (Å²) >= 11 is 12.8. The maximum atomic E-state index is 15.4. The van der Waals surface area contributed by atoms with E-state index < -0.39 is 77.7 Å². The molecule has 74 heavy (non-hydrogen) atoms. The number of nitrogens with zero attached hydrogens (tertiary/aromatic N) is 6. The third kappa shape index (κ3) is 13.8. The first kappa shape index (κ1) is 55.4. The number of carbonyl (C=O) groups excluding carboxylic acids is 5. The molecule has 5 aromatic rings. The van der Waals surface area contributed by atoms with Crippen molar-refractivity contribution in [2.24, 2.45) is 13.0 Å². The van der Waals surface area contributed by atoms with Crippen LogP contribution in [0.25, 0.3) is 11.3 Å². The lowest BCUT2D eigenvalue weighted by Crippen LogP contribution is -2.57. The fourth-order valence-electron chi connectivity index (χ4n) is 9.38. The average Bonchev–Trinajstić information content (AvgIpc) is 4.04. The second-order valence-corrected chi connectivity index (χ2v) is 20.1. The zero-order valence-electron chi connectivity index (χ0n) is 42.6. The van der Waals surface area contributed by atoms with Crippen LogP contribution in [-0.4, -0.2) is 130 Å². The van der Waals surface area contributed by atoms with E-state index in [2.05, 4.69) is 20.1 Å². The van der Waals surface area contributed by atoms with E-state index in [0.717, 1.165) is 48.3 Å². The lowest BCUT2D eigenvalue weighted by molar-refractivity contribution is -0.147. The number of aromatic nitrogens is 2. The van der Waals surface area contributed by atoms with Gasteiger partial charge >= 0.3 is 0 Å². The SMILES string of the molecule is COC[C@@H]1NC(=O)[C@H](C)N(Cc2ccc(Cl)cc2Oc2ccc(-c3cnc(CN4CCCC4)n3C)cc2)C(=O)C[C@@H](Cc2cccc(F)c2F)C(=O)N(C)[C@@H](C)CNC(=O)C[C@H](Cc2ccc(Cl)cc2)N(C)C1=O. The molecule has 19 heteroatoms. The van der Waals surface area contributed by atoms with Gasteiger partial charge in [0, 0.05) is 80.9 Å². The Kier molecular flexibility index (Phi) is 18.9. The number of carbonyl (C=O) groups is 5. The number of methoxy groups -OCH3 is 1. The normalized spacial score (nSPS) is 21.1. The predicted octanol–water partition coefficient (Wildman–Crippen LogP) is 7.59. The number of halogens is 4. The summed E-state index contributed by atoms with van der Waals surface area (Å²) in [4.78, 5) is 83.5. The Balaban J connectivity index is 1.22. The number of ether oxygens (including phenoxy) is 2. The molecule has 2 aliphatic heterocycles. The monoisotopic (exact) mass is 1060 g/mol. The zero-order chi connectivity index (χ0) is 53.2. The maximum absolute atomic E-state index is 15.4. The standard InChI is InChI=1S/C55H64Cl2F2N8O7/c1-34-29-61-50(68)28-43(24-36-12-17-41(56)18-13-36)64(4)55(72)46(33-73-6)62-53(70)35(2)67(51(69)26-40(54(71)63(34)3)25-38-10-9-11-45(58)52(38)59)31-39-14-19-42(57)27-48(39)74-44-20-15-37(16-21-44)47-30-60-49(65(47)5)32-66-22-7-8-23-66/h9-21,27,30,34-35,40,43,46H,7-8,22-26,28-29,31-33H2,1-6H3,(H,61,68)(H,62,70)/t34-,35-,40+,43-,46-/m0/s1. The first-order chi connectivity index (χ1) is 35.4. The molecule has 0 aliphatic carbocycles. The van der Waals surface area contributed by atoms with Crippen LogP contribution >= 0.6 is 23.2 Å². The molecular formula is C55H64Cl2F2N8O7. The summed E-state index contributed by atoms with van der Waals surface area (Å²) in [6.07, 6.45) is 3.38. The molecule has 2 fully saturated rings. The fraction of sp³-hybridized carbons (Fsp3) is 0.418. The topological polar surface area (TPSA) is 159 Å². The van der Waals surface area contributed by atoms with Crippen molar-refractivity contribution in [1.82, 2.24) is 39.8 Å². The summed E-state index contributed by atoms with van der Waals surface area (Å²) in [5.41, 5.74) is 2.94. The lowest BCUT2D eigenvalue weighted by atomic mass is 9.92. The van der Waals surface area contributed by atoms with Gasteiger partial charge in [-0.1, -0.05) is 53.5 Å². The number of nitrogens with one attached hydrogen (secondary N) is 2. The van der Waals surface area contributed by atoms with Crippen molar-refractivity contribution in [2.75, 3.05) is 47.4 Å². The molecule has 1 aromatic heterocycles. The number of amides is 5. The summed E-state index contributed by atoms with van der Waals surface area (Å²) in [5.74, 6) is -4.87. The third-order valence-corrected chi connectivity index (χ3v) is 14.6. The molecule has 0 radical (unpaired) electrons. The summed E-state index contributed by atoms with van der Waals surface area (Å²) < 4.78 is 44.1. The first-order valence-electron chi connectivity index (χ1n) is 24.8. The van der Waals surface area contributed by atoms with Gasteiger partial charge in [0.1, 0.15) is 29.4 Å². The Morgan fingerprint density at radius 1 is 0.784 bits per heavy atom. The second-order valence-electron chi connectivity index (χ2n) is 19.3.